The van der Waals surface area contributed by atoms with Crippen molar-refractivity contribution in [2.24, 2.45) is 5.92 Å². The van der Waals surface area contributed by atoms with Gasteiger partial charge in [-0.05, 0) is 18.6 Å². The first-order chi connectivity index (χ1) is 7.16. The molecule has 15 heavy (non-hydrogen) atoms. The van der Waals surface area contributed by atoms with Crippen molar-refractivity contribution in [1.82, 2.24) is 0 Å². The van der Waals surface area contributed by atoms with Crippen LogP contribution in [-0.2, 0) is 4.79 Å². The van der Waals surface area contributed by atoms with Gasteiger partial charge in [-0.15, -0.1) is 0 Å². The summed E-state index contributed by atoms with van der Waals surface area (Å²) in [5, 5.41) is 0. The number of amides is 1. The fourth-order valence-corrected chi connectivity index (χ4v) is 1.99. The molecule has 0 aromatic heterocycles. The Kier molecular flexibility index (Phi) is 2.31. The lowest BCUT2D eigenvalue weighted by molar-refractivity contribution is -0.121. The molecule has 0 N–H and O–H groups in total. The van der Waals surface area contributed by atoms with Crippen molar-refractivity contribution in [3.05, 3.63) is 29.8 Å². The van der Waals surface area contributed by atoms with E-state index in [1.807, 2.05) is 19.1 Å². The highest BCUT2D eigenvalue weighted by molar-refractivity contribution is 6.21. The Hall–Kier alpha value is -1.64. The maximum atomic E-state index is 12.0. The number of hydrogen-bond donors (Lipinski definition) is 0. The Bertz CT molecular complexity index is 425. The summed E-state index contributed by atoms with van der Waals surface area (Å²) >= 11 is 0. The van der Waals surface area contributed by atoms with Gasteiger partial charge in [0.2, 0.25) is 5.91 Å². The van der Waals surface area contributed by atoms with Crippen LogP contribution in [0.4, 0.5) is 5.69 Å². The van der Waals surface area contributed by atoms with Gasteiger partial charge in [-0.25, -0.2) is 0 Å². The van der Waals surface area contributed by atoms with E-state index in [-0.39, 0.29) is 11.7 Å². The highest BCUT2D eigenvalue weighted by Crippen LogP contribution is 2.30. The van der Waals surface area contributed by atoms with Gasteiger partial charge in [0.15, 0.2) is 5.78 Å². The van der Waals surface area contributed by atoms with Crippen molar-refractivity contribution < 1.29 is 9.59 Å². The SMILES string of the molecule is CC[C@@H]1C(=O)c2ccccc2N(C)C1=O. The van der Waals surface area contributed by atoms with Crippen molar-refractivity contribution >= 4 is 17.4 Å². The molecule has 1 aromatic rings. The maximum absolute atomic E-state index is 12.0. The topological polar surface area (TPSA) is 37.4 Å². The van der Waals surface area contributed by atoms with Crippen LogP contribution in [0, 0.1) is 5.92 Å². The van der Waals surface area contributed by atoms with E-state index in [4.69, 9.17) is 0 Å². The van der Waals surface area contributed by atoms with Gasteiger partial charge in [0.25, 0.3) is 0 Å². The Morgan fingerprint density at radius 2 is 1.93 bits per heavy atom. The lowest BCUT2D eigenvalue weighted by Crippen LogP contribution is -2.42. The van der Waals surface area contributed by atoms with Crippen LogP contribution in [0.1, 0.15) is 23.7 Å². The molecule has 0 spiro atoms. The second-order valence-corrected chi connectivity index (χ2v) is 3.74. The van der Waals surface area contributed by atoms with Gasteiger partial charge in [-0.2, -0.15) is 0 Å². The van der Waals surface area contributed by atoms with Crippen molar-refractivity contribution in [3.63, 3.8) is 0 Å². The Balaban J connectivity index is 2.57. The molecule has 0 fully saturated rings. The molecule has 0 bridgehead atoms. The monoisotopic (exact) mass is 203 g/mol. The zero-order chi connectivity index (χ0) is 11.0. The Morgan fingerprint density at radius 3 is 2.60 bits per heavy atom. The quantitative estimate of drug-likeness (QED) is 0.653. The number of carbonyl (C=O) groups excluding carboxylic acids is 2. The lowest BCUT2D eigenvalue weighted by atomic mass is 9.89. The van der Waals surface area contributed by atoms with Gasteiger partial charge < -0.3 is 4.90 Å². The summed E-state index contributed by atoms with van der Waals surface area (Å²) in [5.41, 5.74) is 1.38. The van der Waals surface area contributed by atoms with Crippen molar-refractivity contribution in [3.8, 4) is 0 Å². The summed E-state index contributed by atoms with van der Waals surface area (Å²) < 4.78 is 0. The van der Waals surface area contributed by atoms with Crippen LogP contribution in [0.3, 0.4) is 0 Å². The number of ketones is 1. The van der Waals surface area contributed by atoms with E-state index >= 15 is 0 Å². The fourth-order valence-electron chi connectivity index (χ4n) is 1.99. The molecule has 2 rings (SSSR count). The minimum Gasteiger partial charge on any atom is -0.314 e. The number of carbonyl (C=O) groups is 2. The number of fused-ring (bicyclic) bond motifs is 1. The first-order valence-corrected chi connectivity index (χ1v) is 5.07. The molecule has 1 atom stereocenters. The normalized spacial score (nSPS) is 20.4. The van der Waals surface area contributed by atoms with E-state index in [2.05, 4.69) is 0 Å². The summed E-state index contributed by atoms with van der Waals surface area (Å²) in [7, 11) is 1.72. The summed E-state index contributed by atoms with van der Waals surface area (Å²) in [6.45, 7) is 1.86. The molecule has 1 aliphatic heterocycles. The third kappa shape index (κ3) is 1.35. The molecular weight excluding hydrogens is 190 g/mol. The van der Waals surface area contributed by atoms with Gasteiger partial charge in [-0.1, -0.05) is 19.1 Å². The van der Waals surface area contributed by atoms with Crippen LogP contribution in [-0.4, -0.2) is 18.7 Å². The standard InChI is InChI=1S/C12H13NO2/c1-3-8-11(14)9-6-4-5-7-10(9)13(2)12(8)15/h4-8H,3H2,1-2H3/t8-/m1/s1. The van der Waals surface area contributed by atoms with Gasteiger partial charge >= 0.3 is 0 Å². The molecule has 3 nitrogen and oxygen atoms in total. The van der Waals surface area contributed by atoms with E-state index in [0.29, 0.717) is 12.0 Å². The number of hydrogen-bond acceptors (Lipinski definition) is 2. The summed E-state index contributed by atoms with van der Waals surface area (Å²) in [6.07, 6.45) is 0.566. The van der Waals surface area contributed by atoms with Crippen molar-refractivity contribution in [2.45, 2.75) is 13.3 Å². The Labute approximate surface area is 88.7 Å². The third-order valence-electron chi connectivity index (χ3n) is 2.88. The van der Waals surface area contributed by atoms with Crippen molar-refractivity contribution in [2.75, 3.05) is 11.9 Å². The van der Waals surface area contributed by atoms with Crippen LogP contribution in [0.5, 0.6) is 0 Å². The van der Waals surface area contributed by atoms with E-state index in [9.17, 15) is 9.59 Å². The molecule has 1 aliphatic rings. The maximum Gasteiger partial charge on any atom is 0.237 e. The smallest absolute Gasteiger partial charge is 0.237 e. The molecule has 0 saturated heterocycles. The molecule has 3 heteroatoms. The number of rotatable bonds is 1. The van der Waals surface area contributed by atoms with E-state index < -0.39 is 5.92 Å². The number of anilines is 1. The number of Topliss-reactive ketones (excluding diaryl/α,β-unsaturated/α-hetero) is 1. The molecule has 1 aromatic carbocycles. The van der Waals surface area contributed by atoms with Crippen LogP contribution in [0.15, 0.2) is 24.3 Å². The lowest BCUT2D eigenvalue weighted by Gasteiger charge is -2.29. The molecule has 0 radical (unpaired) electrons. The second kappa shape index (κ2) is 3.50. The summed E-state index contributed by atoms with van der Waals surface area (Å²) in [6, 6.07) is 7.25. The summed E-state index contributed by atoms with van der Waals surface area (Å²) in [5.74, 6) is -0.637. The van der Waals surface area contributed by atoms with Gasteiger partial charge in [0.05, 0.1) is 5.69 Å². The Morgan fingerprint density at radius 1 is 1.27 bits per heavy atom. The van der Waals surface area contributed by atoms with Crippen molar-refractivity contribution in [1.29, 1.82) is 0 Å². The molecule has 1 amide bonds. The summed E-state index contributed by atoms with van der Waals surface area (Å²) in [4.78, 5) is 25.4. The fraction of sp³-hybridized carbons (Fsp3) is 0.333. The zero-order valence-electron chi connectivity index (χ0n) is 8.86. The molecule has 0 aliphatic carbocycles. The number of para-hydroxylation sites is 1. The van der Waals surface area contributed by atoms with Crippen LogP contribution in [0.25, 0.3) is 0 Å². The molecule has 0 unspecified atom stereocenters. The van der Waals surface area contributed by atoms with Gasteiger partial charge in [0.1, 0.15) is 5.92 Å². The second-order valence-electron chi connectivity index (χ2n) is 3.74. The highest BCUT2D eigenvalue weighted by Gasteiger charge is 2.35. The van der Waals surface area contributed by atoms with Gasteiger partial charge in [0, 0.05) is 12.6 Å². The average molecular weight is 203 g/mol. The predicted molar refractivity (Wildman–Crippen MR) is 58.0 cm³/mol. The third-order valence-corrected chi connectivity index (χ3v) is 2.88. The van der Waals surface area contributed by atoms with Gasteiger partial charge in [-0.3, -0.25) is 9.59 Å². The first-order valence-electron chi connectivity index (χ1n) is 5.07. The van der Waals surface area contributed by atoms with E-state index in [0.717, 1.165) is 5.69 Å². The van der Waals surface area contributed by atoms with Crippen LogP contribution >= 0.6 is 0 Å². The molecule has 78 valence electrons. The minimum atomic E-state index is -0.495. The number of benzene rings is 1. The number of nitrogens with zero attached hydrogens (tertiary/aromatic N) is 1. The molecular formula is C12H13NO2. The largest absolute Gasteiger partial charge is 0.314 e. The molecule has 1 heterocycles. The van der Waals surface area contributed by atoms with Crippen LogP contribution < -0.4 is 4.90 Å². The minimum absolute atomic E-state index is 0.0452. The predicted octanol–water partition coefficient (Wildman–Crippen LogP) is 1.87. The van der Waals surface area contributed by atoms with E-state index in [1.165, 1.54) is 0 Å². The highest BCUT2D eigenvalue weighted by atomic mass is 16.2. The first kappa shape index (κ1) is 9.90. The average Bonchev–Trinajstić information content (AvgIpc) is 2.27. The van der Waals surface area contributed by atoms with Crippen LogP contribution in [0.2, 0.25) is 0 Å². The van der Waals surface area contributed by atoms with E-state index in [1.54, 1.807) is 24.1 Å². The molecule has 0 saturated carbocycles. The zero-order valence-corrected chi connectivity index (χ0v) is 8.86.